The molecule has 0 saturated carbocycles. The maximum Gasteiger partial charge on any atom is 0.161 e. The van der Waals surface area contributed by atoms with Crippen molar-refractivity contribution in [2.75, 3.05) is 24.7 Å². The van der Waals surface area contributed by atoms with Crippen molar-refractivity contribution in [2.24, 2.45) is 0 Å². The number of pyridine rings is 1. The van der Waals surface area contributed by atoms with Gasteiger partial charge in [-0.15, -0.1) is 0 Å². The Morgan fingerprint density at radius 2 is 1.78 bits per heavy atom. The van der Waals surface area contributed by atoms with Gasteiger partial charge in [0.05, 0.1) is 17.1 Å². The summed E-state index contributed by atoms with van der Waals surface area (Å²) in [5, 5.41) is 0.238. The first-order chi connectivity index (χ1) is 13.2. The first-order valence-corrected chi connectivity index (χ1v) is 9.11. The third-order valence-corrected chi connectivity index (χ3v) is 5.28. The minimum Gasteiger partial charge on any atom is -0.486 e. The number of fused-ring (bicyclic) bond motifs is 2. The summed E-state index contributed by atoms with van der Waals surface area (Å²) in [7, 11) is 0. The number of halogens is 2. The van der Waals surface area contributed by atoms with Crippen LogP contribution in [0.1, 0.15) is 24.4 Å². The molecule has 138 valence electrons. The highest BCUT2D eigenvalue weighted by Gasteiger charge is 2.29. The third-order valence-electron chi connectivity index (χ3n) is 5.28. The summed E-state index contributed by atoms with van der Waals surface area (Å²) in [5.74, 6) is 0.519. The molecule has 0 radical (unpaired) electrons. The first kappa shape index (κ1) is 16.3. The van der Waals surface area contributed by atoms with Crippen LogP contribution in [0.4, 0.5) is 14.5 Å². The van der Waals surface area contributed by atoms with Gasteiger partial charge < -0.3 is 14.4 Å². The average Bonchev–Trinajstić information content (AvgIpc) is 3.20. The smallest absolute Gasteiger partial charge is 0.161 e. The zero-order valence-corrected chi connectivity index (χ0v) is 14.6. The molecule has 1 atom stereocenters. The molecule has 27 heavy (non-hydrogen) atoms. The van der Waals surface area contributed by atoms with E-state index in [2.05, 4.69) is 9.88 Å². The van der Waals surface area contributed by atoms with Crippen molar-refractivity contribution in [3.8, 4) is 11.5 Å². The SMILES string of the molecule is Fc1ccc(F)c2c(N3CCCC3c3ccc4c(c3)OCCO4)ccnc12. The van der Waals surface area contributed by atoms with Gasteiger partial charge in [0, 0.05) is 12.7 Å². The second kappa shape index (κ2) is 6.37. The molecular formula is C21H18F2N2O2. The van der Waals surface area contributed by atoms with E-state index in [0.717, 1.165) is 48.6 Å². The van der Waals surface area contributed by atoms with Crippen LogP contribution in [0.25, 0.3) is 10.9 Å². The van der Waals surface area contributed by atoms with Gasteiger partial charge in [0.25, 0.3) is 0 Å². The lowest BCUT2D eigenvalue weighted by Gasteiger charge is -2.29. The van der Waals surface area contributed by atoms with Crippen LogP contribution in [-0.4, -0.2) is 24.7 Å². The molecule has 4 nitrogen and oxygen atoms in total. The van der Waals surface area contributed by atoms with Crippen LogP contribution in [0.5, 0.6) is 11.5 Å². The van der Waals surface area contributed by atoms with Gasteiger partial charge in [-0.25, -0.2) is 8.78 Å². The number of benzene rings is 2. The van der Waals surface area contributed by atoms with E-state index in [-0.39, 0.29) is 16.9 Å². The maximum atomic E-state index is 14.6. The van der Waals surface area contributed by atoms with E-state index in [4.69, 9.17) is 9.47 Å². The lowest BCUT2D eigenvalue weighted by atomic mass is 10.0. The Morgan fingerprint density at radius 1 is 0.963 bits per heavy atom. The molecule has 3 heterocycles. The Labute approximate surface area is 155 Å². The van der Waals surface area contributed by atoms with Crippen molar-refractivity contribution in [3.05, 3.63) is 59.8 Å². The fourth-order valence-corrected chi connectivity index (χ4v) is 4.08. The Morgan fingerprint density at radius 3 is 2.67 bits per heavy atom. The highest BCUT2D eigenvalue weighted by molar-refractivity contribution is 5.92. The van der Waals surface area contributed by atoms with Gasteiger partial charge >= 0.3 is 0 Å². The summed E-state index contributed by atoms with van der Waals surface area (Å²) in [6.45, 7) is 1.86. The molecule has 6 heteroatoms. The monoisotopic (exact) mass is 368 g/mol. The molecular weight excluding hydrogens is 350 g/mol. The summed E-state index contributed by atoms with van der Waals surface area (Å²) in [6, 6.07) is 10.1. The summed E-state index contributed by atoms with van der Waals surface area (Å²) >= 11 is 0. The van der Waals surface area contributed by atoms with Crippen molar-refractivity contribution in [1.82, 2.24) is 4.98 Å². The topological polar surface area (TPSA) is 34.6 Å². The first-order valence-electron chi connectivity index (χ1n) is 9.11. The van der Waals surface area contributed by atoms with Crippen molar-refractivity contribution < 1.29 is 18.3 Å². The lowest BCUT2D eigenvalue weighted by Crippen LogP contribution is -2.23. The fraction of sp³-hybridized carbons (Fsp3) is 0.286. The average molecular weight is 368 g/mol. The van der Waals surface area contributed by atoms with Crippen molar-refractivity contribution >= 4 is 16.6 Å². The molecule has 5 rings (SSSR count). The minimum absolute atomic E-state index is 0.0640. The molecule has 0 aliphatic carbocycles. The molecule has 3 aromatic rings. The number of hydrogen-bond acceptors (Lipinski definition) is 4. The molecule has 1 fully saturated rings. The predicted octanol–water partition coefficient (Wildman–Crippen LogP) is 4.63. The minimum atomic E-state index is -0.511. The van der Waals surface area contributed by atoms with E-state index in [1.54, 1.807) is 12.3 Å². The van der Waals surface area contributed by atoms with Crippen LogP contribution in [0.15, 0.2) is 42.6 Å². The number of hydrogen-bond donors (Lipinski definition) is 0. The maximum absolute atomic E-state index is 14.6. The molecule has 2 aliphatic heterocycles. The highest BCUT2D eigenvalue weighted by atomic mass is 19.1. The second-order valence-corrected chi connectivity index (χ2v) is 6.84. The van der Waals surface area contributed by atoms with Gasteiger partial charge in [-0.3, -0.25) is 4.98 Å². The second-order valence-electron chi connectivity index (χ2n) is 6.84. The van der Waals surface area contributed by atoms with Crippen molar-refractivity contribution in [1.29, 1.82) is 0 Å². The normalized spacial score (nSPS) is 18.9. The van der Waals surface area contributed by atoms with Crippen LogP contribution in [0.3, 0.4) is 0 Å². The van der Waals surface area contributed by atoms with E-state index in [1.165, 1.54) is 0 Å². The summed E-state index contributed by atoms with van der Waals surface area (Å²) in [4.78, 5) is 6.19. The number of anilines is 1. The molecule has 0 spiro atoms. The van der Waals surface area contributed by atoms with Crippen LogP contribution >= 0.6 is 0 Å². The summed E-state index contributed by atoms with van der Waals surface area (Å²) in [6.07, 6.45) is 3.44. The number of rotatable bonds is 2. The molecule has 0 N–H and O–H groups in total. The van der Waals surface area contributed by atoms with Gasteiger partial charge in [0.15, 0.2) is 11.5 Å². The van der Waals surface area contributed by atoms with Gasteiger partial charge in [-0.05, 0) is 48.7 Å². The summed E-state index contributed by atoms with van der Waals surface area (Å²) < 4.78 is 40.0. The van der Waals surface area contributed by atoms with E-state index < -0.39 is 11.6 Å². The van der Waals surface area contributed by atoms with Gasteiger partial charge in [0.1, 0.15) is 30.4 Å². The van der Waals surface area contributed by atoms with Crippen LogP contribution < -0.4 is 14.4 Å². The number of ether oxygens (including phenoxy) is 2. The van der Waals surface area contributed by atoms with Gasteiger partial charge in [0.2, 0.25) is 0 Å². The van der Waals surface area contributed by atoms with E-state index >= 15 is 0 Å². The lowest BCUT2D eigenvalue weighted by molar-refractivity contribution is 0.171. The Hall–Kier alpha value is -2.89. The largest absolute Gasteiger partial charge is 0.486 e. The standard InChI is InChI=1S/C21H18F2N2O2/c22-14-4-5-15(23)21-20(14)17(7-8-24-21)25-9-1-2-16(25)13-3-6-18-19(12-13)27-11-10-26-18/h3-8,12,16H,1-2,9-11H2. The van der Waals surface area contributed by atoms with E-state index in [1.807, 2.05) is 18.2 Å². The molecule has 1 unspecified atom stereocenters. The van der Waals surface area contributed by atoms with Crippen LogP contribution in [0.2, 0.25) is 0 Å². The third kappa shape index (κ3) is 2.67. The number of aromatic nitrogens is 1. The zero-order chi connectivity index (χ0) is 18.4. The molecule has 2 aliphatic rings. The van der Waals surface area contributed by atoms with E-state index in [9.17, 15) is 8.78 Å². The molecule has 0 amide bonds. The fourth-order valence-electron chi connectivity index (χ4n) is 4.08. The van der Waals surface area contributed by atoms with Gasteiger partial charge in [-0.1, -0.05) is 6.07 Å². The quantitative estimate of drug-likeness (QED) is 0.661. The molecule has 1 saturated heterocycles. The summed E-state index contributed by atoms with van der Waals surface area (Å²) in [5.41, 5.74) is 1.83. The number of nitrogens with zero attached hydrogens (tertiary/aromatic N) is 2. The van der Waals surface area contributed by atoms with Crippen LogP contribution in [-0.2, 0) is 0 Å². The van der Waals surface area contributed by atoms with E-state index in [0.29, 0.717) is 18.9 Å². The Balaban J connectivity index is 1.60. The molecule has 0 bridgehead atoms. The molecule has 2 aromatic carbocycles. The van der Waals surface area contributed by atoms with Gasteiger partial charge in [-0.2, -0.15) is 0 Å². The Kier molecular flexibility index (Phi) is 3.85. The van der Waals surface area contributed by atoms with Crippen molar-refractivity contribution in [3.63, 3.8) is 0 Å². The van der Waals surface area contributed by atoms with Crippen molar-refractivity contribution in [2.45, 2.75) is 18.9 Å². The zero-order valence-electron chi connectivity index (χ0n) is 14.6. The molecule has 1 aromatic heterocycles. The van der Waals surface area contributed by atoms with Crippen LogP contribution in [0, 0.1) is 11.6 Å². The Bertz CT molecular complexity index is 1020. The predicted molar refractivity (Wildman–Crippen MR) is 98.4 cm³/mol. The highest BCUT2D eigenvalue weighted by Crippen LogP contribution is 2.42.